The average Bonchev–Trinajstić information content (AvgIpc) is 2.04. The molecular formula is C10H15FN2. The standard InChI is InChI=1S/C10H15FN2/c1-2-4-8(12)10-7(11)5-3-6-9(10)13/h3,5-6,8H,2,4,12-13H2,1H3/t8-/m0/s1. The predicted molar refractivity (Wildman–Crippen MR) is 52.6 cm³/mol. The van der Waals surface area contributed by atoms with Gasteiger partial charge in [0, 0.05) is 17.3 Å². The summed E-state index contributed by atoms with van der Waals surface area (Å²) < 4.78 is 13.3. The molecule has 0 aromatic heterocycles. The molecule has 0 aliphatic carbocycles. The van der Waals surface area contributed by atoms with Crippen LogP contribution in [-0.4, -0.2) is 0 Å². The lowest BCUT2D eigenvalue weighted by Gasteiger charge is -2.13. The maximum Gasteiger partial charge on any atom is 0.130 e. The molecule has 0 aliphatic rings. The maximum absolute atomic E-state index is 13.3. The van der Waals surface area contributed by atoms with Crippen LogP contribution in [-0.2, 0) is 0 Å². The van der Waals surface area contributed by atoms with Crippen molar-refractivity contribution >= 4 is 5.69 Å². The van der Waals surface area contributed by atoms with E-state index >= 15 is 0 Å². The monoisotopic (exact) mass is 182 g/mol. The molecule has 0 spiro atoms. The molecule has 0 fully saturated rings. The molecule has 0 saturated heterocycles. The molecule has 0 heterocycles. The average molecular weight is 182 g/mol. The summed E-state index contributed by atoms with van der Waals surface area (Å²) in [5, 5.41) is 0. The summed E-state index contributed by atoms with van der Waals surface area (Å²) in [5.74, 6) is -0.305. The number of rotatable bonds is 3. The smallest absolute Gasteiger partial charge is 0.130 e. The highest BCUT2D eigenvalue weighted by Gasteiger charge is 2.13. The Labute approximate surface area is 77.7 Å². The van der Waals surface area contributed by atoms with E-state index in [2.05, 4.69) is 0 Å². The number of hydrogen-bond donors (Lipinski definition) is 2. The Morgan fingerprint density at radius 3 is 2.69 bits per heavy atom. The van der Waals surface area contributed by atoms with Crippen molar-refractivity contribution in [3.63, 3.8) is 0 Å². The summed E-state index contributed by atoms with van der Waals surface area (Å²) in [5.41, 5.74) is 12.3. The van der Waals surface area contributed by atoms with Crippen molar-refractivity contribution in [2.24, 2.45) is 5.73 Å². The molecule has 1 aromatic rings. The van der Waals surface area contributed by atoms with Crippen LogP contribution >= 0.6 is 0 Å². The van der Waals surface area contributed by atoms with Gasteiger partial charge in [-0.3, -0.25) is 0 Å². The Morgan fingerprint density at radius 2 is 2.15 bits per heavy atom. The van der Waals surface area contributed by atoms with E-state index in [1.807, 2.05) is 6.92 Å². The van der Waals surface area contributed by atoms with Crippen molar-refractivity contribution in [2.45, 2.75) is 25.8 Å². The van der Waals surface area contributed by atoms with Gasteiger partial charge in [-0.1, -0.05) is 19.4 Å². The van der Waals surface area contributed by atoms with Gasteiger partial charge < -0.3 is 11.5 Å². The number of halogens is 1. The molecule has 0 amide bonds. The predicted octanol–water partition coefficient (Wildman–Crippen LogP) is 2.21. The first-order valence-electron chi connectivity index (χ1n) is 4.46. The molecule has 0 radical (unpaired) electrons. The molecule has 13 heavy (non-hydrogen) atoms. The van der Waals surface area contributed by atoms with Crippen LogP contribution < -0.4 is 11.5 Å². The lowest BCUT2D eigenvalue weighted by molar-refractivity contribution is 0.562. The molecule has 72 valence electrons. The Kier molecular flexibility index (Phi) is 3.25. The number of nitrogen functional groups attached to an aromatic ring is 1. The summed E-state index contributed by atoms with van der Waals surface area (Å²) in [4.78, 5) is 0. The van der Waals surface area contributed by atoms with E-state index in [-0.39, 0.29) is 11.9 Å². The minimum absolute atomic E-state index is 0.286. The molecule has 0 bridgehead atoms. The van der Waals surface area contributed by atoms with Gasteiger partial charge in [0.2, 0.25) is 0 Å². The highest BCUT2D eigenvalue weighted by molar-refractivity contribution is 5.48. The summed E-state index contributed by atoms with van der Waals surface area (Å²) in [6.45, 7) is 2.01. The third-order valence-corrected chi connectivity index (χ3v) is 2.06. The molecule has 1 atom stereocenters. The SMILES string of the molecule is CCC[C@H](N)c1c(N)cccc1F. The zero-order valence-corrected chi connectivity index (χ0v) is 7.76. The van der Waals surface area contributed by atoms with Gasteiger partial charge in [-0.05, 0) is 18.6 Å². The minimum atomic E-state index is -0.305. The second kappa shape index (κ2) is 4.23. The van der Waals surface area contributed by atoms with Gasteiger partial charge in [-0.25, -0.2) is 4.39 Å². The van der Waals surface area contributed by atoms with Crippen LogP contribution in [0, 0.1) is 5.82 Å². The van der Waals surface area contributed by atoms with E-state index < -0.39 is 0 Å². The topological polar surface area (TPSA) is 52.0 Å². The van der Waals surface area contributed by atoms with Crippen LogP contribution in [0.1, 0.15) is 31.4 Å². The van der Waals surface area contributed by atoms with Crippen molar-refractivity contribution in [1.82, 2.24) is 0 Å². The number of nitrogens with two attached hydrogens (primary N) is 2. The Balaban J connectivity index is 2.98. The van der Waals surface area contributed by atoms with Crippen LogP contribution in [0.5, 0.6) is 0 Å². The van der Waals surface area contributed by atoms with Crippen LogP contribution in [0.4, 0.5) is 10.1 Å². The highest BCUT2D eigenvalue weighted by Crippen LogP contribution is 2.24. The molecule has 3 heteroatoms. The van der Waals surface area contributed by atoms with E-state index in [4.69, 9.17) is 11.5 Å². The minimum Gasteiger partial charge on any atom is -0.398 e. The first-order chi connectivity index (χ1) is 6.16. The van der Waals surface area contributed by atoms with Crippen molar-refractivity contribution < 1.29 is 4.39 Å². The number of benzene rings is 1. The Bertz CT molecular complexity index is 266. The van der Waals surface area contributed by atoms with Gasteiger partial charge >= 0.3 is 0 Å². The first-order valence-corrected chi connectivity index (χ1v) is 4.46. The molecule has 1 aromatic carbocycles. The summed E-state index contributed by atoms with van der Waals surface area (Å²) in [6.07, 6.45) is 1.68. The molecule has 2 nitrogen and oxygen atoms in total. The summed E-state index contributed by atoms with van der Waals surface area (Å²) >= 11 is 0. The molecule has 0 aliphatic heterocycles. The van der Waals surface area contributed by atoms with Crippen molar-refractivity contribution in [1.29, 1.82) is 0 Å². The zero-order valence-electron chi connectivity index (χ0n) is 7.76. The van der Waals surface area contributed by atoms with E-state index in [9.17, 15) is 4.39 Å². The fourth-order valence-corrected chi connectivity index (χ4v) is 1.40. The third-order valence-electron chi connectivity index (χ3n) is 2.06. The van der Waals surface area contributed by atoms with Gasteiger partial charge in [0.15, 0.2) is 0 Å². The van der Waals surface area contributed by atoms with E-state index in [0.29, 0.717) is 11.3 Å². The van der Waals surface area contributed by atoms with Crippen LogP contribution in [0.15, 0.2) is 18.2 Å². The highest BCUT2D eigenvalue weighted by atomic mass is 19.1. The van der Waals surface area contributed by atoms with Gasteiger partial charge in [0.25, 0.3) is 0 Å². The van der Waals surface area contributed by atoms with E-state index in [0.717, 1.165) is 12.8 Å². The molecule has 0 saturated carbocycles. The van der Waals surface area contributed by atoms with Crippen LogP contribution in [0.2, 0.25) is 0 Å². The fourth-order valence-electron chi connectivity index (χ4n) is 1.40. The Morgan fingerprint density at radius 1 is 1.46 bits per heavy atom. The quantitative estimate of drug-likeness (QED) is 0.704. The van der Waals surface area contributed by atoms with Crippen molar-refractivity contribution in [3.05, 3.63) is 29.6 Å². The van der Waals surface area contributed by atoms with Crippen LogP contribution in [0.25, 0.3) is 0 Å². The number of anilines is 1. The summed E-state index contributed by atoms with van der Waals surface area (Å²) in [7, 11) is 0. The van der Waals surface area contributed by atoms with Gasteiger partial charge in [0.1, 0.15) is 5.82 Å². The lowest BCUT2D eigenvalue weighted by Crippen LogP contribution is -2.14. The molecule has 1 rings (SSSR count). The first kappa shape index (κ1) is 9.99. The summed E-state index contributed by atoms with van der Waals surface area (Å²) in [6, 6.07) is 4.37. The van der Waals surface area contributed by atoms with Crippen molar-refractivity contribution in [3.8, 4) is 0 Å². The maximum atomic E-state index is 13.3. The molecule has 4 N–H and O–H groups in total. The van der Waals surface area contributed by atoms with Crippen LogP contribution in [0.3, 0.4) is 0 Å². The second-order valence-electron chi connectivity index (χ2n) is 3.14. The third kappa shape index (κ3) is 2.18. The van der Waals surface area contributed by atoms with Gasteiger partial charge in [-0.15, -0.1) is 0 Å². The van der Waals surface area contributed by atoms with Crippen molar-refractivity contribution in [2.75, 3.05) is 5.73 Å². The lowest BCUT2D eigenvalue weighted by atomic mass is 10.0. The molecule has 0 unspecified atom stereocenters. The number of hydrogen-bond acceptors (Lipinski definition) is 2. The zero-order chi connectivity index (χ0) is 9.84. The van der Waals surface area contributed by atoms with Gasteiger partial charge in [0.05, 0.1) is 0 Å². The second-order valence-corrected chi connectivity index (χ2v) is 3.14. The Hall–Kier alpha value is -1.09. The fraction of sp³-hybridized carbons (Fsp3) is 0.400. The van der Waals surface area contributed by atoms with E-state index in [1.165, 1.54) is 6.07 Å². The molecular weight excluding hydrogens is 167 g/mol. The normalized spacial score (nSPS) is 12.8. The largest absolute Gasteiger partial charge is 0.398 e. The van der Waals surface area contributed by atoms with E-state index in [1.54, 1.807) is 12.1 Å². The van der Waals surface area contributed by atoms with Gasteiger partial charge in [-0.2, -0.15) is 0 Å².